The Morgan fingerprint density at radius 1 is 0.850 bits per heavy atom. The van der Waals surface area contributed by atoms with Crippen molar-refractivity contribution in [2.45, 2.75) is 95.8 Å². The van der Waals surface area contributed by atoms with Crippen LogP contribution in [-0.2, 0) is 10.1 Å². The molecule has 122 valence electrons. The zero-order valence-corrected chi connectivity index (χ0v) is 13.9. The Morgan fingerprint density at radius 2 is 1.35 bits per heavy atom. The van der Waals surface area contributed by atoms with Crippen molar-refractivity contribution in [1.29, 1.82) is 0 Å². The fraction of sp³-hybridized carbons (Fsp3) is 1.00. The van der Waals surface area contributed by atoms with E-state index in [1.165, 1.54) is 19.3 Å². The molecule has 0 aliphatic rings. The first kappa shape index (κ1) is 19.9. The normalized spacial score (nSPS) is 15.2. The highest BCUT2D eigenvalue weighted by Crippen LogP contribution is 2.16. The lowest BCUT2D eigenvalue weighted by Crippen LogP contribution is -2.19. The molecule has 5 heteroatoms. The van der Waals surface area contributed by atoms with Crippen molar-refractivity contribution in [2.24, 2.45) is 0 Å². The predicted molar refractivity (Wildman–Crippen MR) is 83.5 cm³/mol. The zero-order chi connectivity index (χ0) is 15.4. The summed E-state index contributed by atoms with van der Waals surface area (Å²) in [4.78, 5) is 0. The summed E-state index contributed by atoms with van der Waals surface area (Å²) in [5.74, 6) is 0. The monoisotopic (exact) mass is 308 g/mol. The molecular formula is C15H32O4S. The van der Waals surface area contributed by atoms with Crippen molar-refractivity contribution in [1.82, 2.24) is 0 Å². The third kappa shape index (κ3) is 10.6. The van der Waals surface area contributed by atoms with Crippen LogP contribution in [0.2, 0.25) is 0 Å². The van der Waals surface area contributed by atoms with E-state index < -0.39 is 15.4 Å². The predicted octanol–water partition coefficient (Wildman–Crippen LogP) is 3.93. The summed E-state index contributed by atoms with van der Waals surface area (Å²) in [7, 11) is -3.89. The lowest BCUT2D eigenvalue weighted by Gasteiger charge is -2.12. The van der Waals surface area contributed by atoms with Gasteiger partial charge in [-0.3, -0.25) is 4.55 Å². The van der Waals surface area contributed by atoms with Crippen LogP contribution in [0.1, 0.15) is 84.5 Å². The standard InChI is InChI=1S/C15H32O4S/c1-3-5-6-8-11-14(16)12-9-7-10-13-15(4-2)20(17,18)19/h14-16H,3-13H2,1-2H3,(H,17,18,19). The summed E-state index contributed by atoms with van der Waals surface area (Å²) in [6.07, 6.45) is 9.81. The minimum Gasteiger partial charge on any atom is -0.393 e. The molecule has 0 aliphatic heterocycles. The smallest absolute Gasteiger partial charge is 0.267 e. The molecule has 0 spiro atoms. The van der Waals surface area contributed by atoms with Crippen LogP contribution in [0.4, 0.5) is 0 Å². The maximum atomic E-state index is 11.0. The van der Waals surface area contributed by atoms with E-state index in [0.29, 0.717) is 12.8 Å². The van der Waals surface area contributed by atoms with Crippen LogP contribution in [0.15, 0.2) is 0 Å². The Hall–Kier alpha value is -0.130. The van der Waals surface area contributed by atoms with Gasteiger partial charge in [0, 0.05) is 0 Å². The second-order valence-corrected chi connectivity index (χ2v) is 7.38. The van der Waals surface area contributed by atoms with Crippen molar-refractivity contribution in [3.05, 3.63) is 0 Å². The summed E-state index contributed by atoms with van der Waals surface area (Å²) in [5, 5.41) is 9.17. The molecule has 20 heavy (non-hydrogen) atoms. The van der Waals surface area contributed by atoms with Crippen molar-refractivity contribution in [3.8, 4) is 0 Å². The molecule has 4 nitrogen and oxygen atoms in total. The van der Waals surface area contributed by atoms with Crippen molar-refractivity contribution >= 4 is 10.1 Å². The highest BCUT2D eigenvalue weighted by molar-refractivity contribution is 7.86. The third-order valence-electron chi connectivity index (χ3n) is 3.83. The molecule has 0 bridgehead atoms. The number of aliphatic hydroxyl groups is 1. The van der Waals surface area contributed by atoms with E-state index in [2.05, 4.69) is 6.92 Å². The second-order valence-electron chi connectivity index (χ2n) is 5.69. The number of hydrogen-bond donors (Lipinski definition) is 2. The van der Waals surface area contributed by atoms with Crippen LogP contribution >= 0.6 is 0 Å². The fourth-order valence-electron chi connectivity index (χ4n) is 2.44. The van der Waals surface area contributed by atoms with Crippen LogP contribution < -0.4 is 0 Å². The molecule has 0 amide bonds. The lowest BCUT2D eigenvalue weighted by atomic mass is 10.0. The first-order chi connectivity index (χ1) is 9.41. The molecule has 0 saturated carbocycles. The van der Waals surface area contributed by atoms with Crippen molar-refractivity contribution in [3.63, 3.8) is 0 Å². The highest BCUT2D eigenvalue weighted by Gasteiger charge is 2.19. The van der Waals surface area contributed by atoms with E-state index in [1.807, 2.05) is 0 Å². The summed E-state index contributed by atoms with van der Waals surface area (Å²) in [6.45, 7) is 3.95. The lowest BCUT2D eigenvalue weighted by molar-refractivity contribution is 0.147. The van der Waals surface area contributed by atoms with Gasteiger partial charge in [0.25, 0.3) is 10.1 Å². The summed E-state index contributed by atoms with van der Waals surface area (Å²) >= 11 is 0. The Bertz CT molecular complexity index is 314. The van der Waals surface area contributed by atoms with Crippen LogP contribution in [0.25, 0.3) is 0 Å². The minimum absolute atomic E-state index is 0.213. The van der Waals surface area contributed by atoms with Crippen LogP contribution in [0.3, 0.4) is 0 Å². The van der Waals surface area contributed by atoms with E-state index in [0.717, 1.165) is 38.5 Å². The molecule has 0 aliphatic carbocycles. The largest absolute Gasteiger partial charge is 0.393 e. The average molecular weight is 308 g/mol. The highest BCUT2D eigenvalue weighted by atomic mass is 32.2. The summed E-state index contributed by atoms with van der Waals surface area (Å²) < 4.78 is 31.0. The van der Waals surface area contributed by atoms with Gasteiger partial charge in [-0.25, -0.2) is 0 Å². The van der Waals surface area contributed by atoms with Gasteiger partial charge in [-0.2, -0.15) is 8.42 Å². The molecule has 0 heterocycles. The average Bonchev–Trinajstić information content (AvgIpc) is 2.37. The topological polar surface area (TPSA) is 74.6 Å². The van der Waals surface area contributed by atoms with Crippen molar-refractivity contribution < 1.29 is 18.1 Å². The molecular weight excluding hydrogens is 276 g/mol. The SMILES string of the molecule is CCCCCCC(O)CCCCCC(CC)S(=O)(=O)O. The second kappa shape index (κ2) is 11.5. The van der Waals surface area contributed by atoms with E-state index in [1.54, 1.807) is 6.92 Å². The maximum absolute atomic E-state index is 11.0. The van der Waals surface area contributed by atoms with Crippen LogP contribution in [0, 0.1) is 0 Å². The summed E-state index contributed by atoms with van der Waals surface area (Å²) in [5.41, 5.74) is 0. The minimum atomic E-state index is -3.89. The van der Waals surface area contributed by atoms with Crippen LogP contribution in [0.5, 0.6) is 0 Å². The van der Waals surface area contributed by atoms with Gasteiger partial charge in [0.2, 0.25) is 0 Å². The Balaban J connectivity index is 3.56. The van der Waals surface area contributed by atoms with Crippen LogP contribution in [-0.4, -0.2) is 29.4 Å². The molecule has 2 N–H and O–H groups in total. The van der Waals surface area contributed by atoms with Crippen molar-refractivity contribution in [2.75, 3.05) is 0 Å². The molecule has 0 aromatic rings. The first-order valence-corrected chi connectivity index (χ1v) is 9.56. The van der Waals surface area contributed by atoms with Gasteiger partial charge in [0.1, 0.15) is 0 Å². The Labute approximate surface area is 124 Å². The van der Waals surface area contributed by atoms with Gasteiger partial charge in [-0.15, -0.1) is 0 Å². The number of hydrogen-bond acceptors (Lipinski definition) is 3. The van der Waals surface area contributed by atoms with E-state index in [-0.39, 0.29) is 6.10 Å². The first-order valence-electron chi connectivity index (χ1n) is 8.06. The number of unbranched alkanes of at least 4 members (excludes halogenated alkanes) is 5. The zero-order valence-electron chi connectivity index (χ0n) is 13.1. The van der Waals surface area contributed by atoms with E-state index in [4.69, 9.17) is 4.55 Å². The molecule has 0 aromatic heterocycles. The van der Waals surface area contributed by atoms with Gasteiger partial charge in [0.15, 0.2) is 0 Å². The third-order valence-corrected chi connectivity index (χ3v) is 5.24. The van der Waals surface area contributed by atoms with Gasteiger partial charge in [0.05, 0.1) is 11.4 Å². The molecule has 0 fully saturated rings. The van der Waals surface area contributed by atoms with Gasteiger partial charge in [-0.1, -0.05) is 58.8 Å². The molecule has 0 saturated heterocycles. The maximum Gasteiger partial charge on any atom is 0.267 e. The number of aliphatic hydroxyl groups excluding tert-OH is 1. The van der Waals surface area contributed by atoms with Gasteiger partial charge < -0.3 is 5.11 Å². The Morgan fingerprint density at radius 3 is 1.80 bits per heavy atom. The quantitative estimate of drug-likeness (QED) is 0.399. The molecule has 2 atom stereocenters. The molecule has 0 aromatic carbocycles. The molecule has 0 radical (unpaired) electrons. The number of rotatable bonds is 13. The molecule has 2 unspecified atom stereocenters. The summed E-state index contributed by atoms with van der Waals surface area (Å²) in [6, 6.07) is 0. The van der Waals surface area contributed by atoms with E-state index >= 15 is 0 Å². The molecule has 0 rings (SSSR count). The Kier molecular flexibility index (Phi) is 11.4. The van der Waals surface area contributed by atoms with Gasteiger partial charge in [-0.05, 0) is 25.7 Å². The van der Waals surface area contributed by atoms with Gasteiger partial charge >= 0.3 is 0 Å². The fourth-order valence-corrected chi connectivity index (χ4v) is 3.33. The van der Waals surface area contributed by atoms with E-state index in [9.17, 15) is 13.5 Å².